The highest BCUT2D eigenvalue weighted by Gasteiger charge is 2.48. The average Bonchev–Trinajstić information content (AvgIpc) is 2.75. The van der Waals surface area contributed by atoms with Crippen LogP contribution in [0.3, 0.4) is 0 Å². The highest BCUT2D eigenvalue weighted by Crippen LogP contribution is 2.36. The summed E-state index contributed by atoms with van der Waals surface area (Å²) in [5, 5.41) is 0. The van der Waals surface area contributed by atoms with Crippen molar-refractivity contribution in [3.63, 3.8) is 0 Å². The molecule has 2 aliphatic rings. The summed E-state index contributed by atoms with van der Waals surface area (Å²) in [6.07, 6.45) is 0.950. The van der Waals surface area contributed by atoms with E-state index >= 15 is 0 Å². The van der Waals surface area contributed by atoms with Crippen molar-refractivity contribution in [2.75, 3.05) is 47.0 Å². The Hall–Kier alpha value is -1.14. The third-order valence-electron chi connectivity index (χ3n) is 3.75. The van der Waals surface area contributed by atoms with Crippen LogP contribution in [0.25, 0.3) is 0 Å². The van der Waals surface area contributed by atoms with Gasteiger partial charge in [-0.15, -0.1) is 0 Å². The molecular weight excluding hydrogens is 239 g/mol. The standard InChI is InChI=1S/C12H19FN2O3/c1-17-9-12-5-10(6-13)7-15(12)4-3-14(8-12)11(16)18-2/h6H,3-5,7-9H2,1-2H3/b10-6-. The van der Waals surface area contributed by atoms with Crippen molar-refractivity contribution < 1.29 is 18.7 Å². The molecule has 2 rings (SSSR count). The van der Waals surface area contributed by atoms with E-state index in [2.05, 4.69) is 4.90 Å². The topological polar surface area (TPSA) is 42.0 Å². The van der Waals surface area contributed by atoms with Crippen LogP contribution in [0.2, 0.25) is 0 Å². The van der Waals surface area contributed by atoms with E-state index in [1.54, 1.807) is 12.0 Å². The number of halogens is 1. The predicted molar refractivity (Wildman–Crippen MR) is 64.0 cm³/mol. The van der Waals surface area contributed by atoms with Crippen molar-refractivity contribution in [1.29, 1.82) is 0 Å². The van der Waals surface area contributed by atoms with Crippen molar-refractivity contribution in [3.8, 4) is 0 Å². The molecule has 2 aliphatic heterocycles. The Balaban J connectivity index is 2.17. The molecule has 0 radical (unpaired) electrons. The number of carbonyl (C=O) groups is 1. The molecule has 6 heteroatoms. The molecule has 0 aliphatic carbocycles. The maximum absolute atomic E-state index is 12.7. The molecule has 102 valence electrons. The normalized spacial score (nSPS) is 30.6. The van der Waals surface area contributed by atoms with Crippen LogP contribution in [-0.4, -0.2) is 68.4 Å². The number of fused-ring (bicyclic) bond motifs is 1. The molecule has 1 unspecified atom stereocenters. The van der Waals surface area contributed by atoms with Crippen molar-refractivity contribution >= 4 is 6.09 Å². The molecule has 0 bridgehead atoms. The van der Waals surface area contributed by atoms with Crippen LogP contribution in [-0.2, 0) is 9.47 Å². The molecule has 1 atom stereocenters. The second kappa shape index (κ2) is 5.24. The lowest BCUT2D eigenvalue weighted by Crippen LogP contribution is -2.62. The minimum Gasteiger partial charge on any atom is -0.453 e. The first-order valence-electron chi connectivity index (χ1n) is 6.00. The summed E-state index contributed by atoms with van der Waals surface area (Å²) >= 11 is 0. The van der Waals surface area contributed by atoms with Crippen molar-refractivity contribution in [2.24, 2.45) is 0 Å². The van der Waals surface area contributed by atoms with Crippen LogP contribution < -0.4 is 0 Å². The molecule has 18 heavy (non-hydrogen) atoms. The Morgan fingerprint density at radius 1 is 1.50 bits per heavy atom. The van der Waals surface area contributed by atoms with Crippen LogP contribution >= 0.6 is 0 Å². The fourth-order valence-electron chi connectivity index (χ4n) is 2.97. The molecule has 0 aromatic carbocycles. The number of hydrogen-bond acceptors (Lipinski definition) is 4. The Bertz CT molecular complexity index is 361. The number of piperazine rings is 1. The summed E-state index contributed by atoms with van der Waals surface area (Å²) < 4.78 is 22.8. The molecule has 5 nitrogen and oxygen atoms in total. The van der Waals surface area contributed by atoms with E-state index in [-0.39, 0.29) is 11.6 Å². The SMILES string of the molecule is COCC12C/C(=C/F)CN1CCN(C(=O)OC)C2. The average molecular weight is 258 g/mol. The third kappa shape index (κ3) is 2.22. The molecule has 0 aromatic heterocycles. The fraction of sp³-hybridized carbons (Fsp3) is 0.750. The predicted octanol–water partition coefficient (Wildman–Crippen LogP) is 1.01. The first-order chi connectivity index (χ1) is 8.65. The van der Waals surface area contributed by atoms with E-state index in [1.807, 2.05) is 0 Å². The number of rotatable bonds is 2. The summed E-state index contributed by atoms with van der Waals surface area (Å²) in [6, 6.07) is 0. The monoisotopic (exact) mass is 258 g/mol. The number of methoxy groups -OCH3 is 2. The Morgan fingerprint density at radius 3 is 2.89 bits per heavy atom. The van der Waals surface area contributed by atoms with E-state index in [9.17, 15) is 9.18 Å². The van der Waals surface area contributed by atoms with E-state index in [0.29, 0.717) is 39.0 Å². The highest BCUT2D eigenvalue weighted by atomic mass is 19.1. The van der Waals surface area contributed by atoms with Gasteiger partial charge in [0.2, 0.25) is 0 Å². The molecule has 0 N–H and O–H groups in total. The van der Waals surface area contributed by atoms with Gasteiger partial charge in [-0.3, -0.25) is 4.90 Å². The molecule has 2 fully saturated rings. The van der Waals surface area contributed by atoms with Crippen LogP contribution in [0, 0.1) is 0 Å². The van der Waals surface area contributed by atoms with Gasteiger partial charge in [0.25, 0.3) is 0 Å². The second-order valence-corrected chi connectivity index (χ2v) is 4.91. The summed E-state index contributed by atoms with van der Waals surface area (Å²) in [5.41, 5.74) is 0.456. The van der Waals surface area contributed by atoms with Gasteiger partial charge in [0.1, 0.15) is 0 Å². The summed E-state index contributed by atoms with van der Waals surface area (Å²) in [7, 11) is 3.00. The van der Waals surface area contributed by atoms with Gasteiger partial charge in [-0.2, -0.15) is 0 Å². The smallest absolute Gasteiger partial charge is 0.409 e. The lowest BCUT2D eigenvalue weighted by atomic mass is 9.93. The zero-order valence-electron chi connectivity index (χ0n) is 10.8. The summed E-state index contributed by atoms with van der Waals surface area (Å²) in [5.74, 6) is 0. The molecule has 2 heterocycles. The minimum absolute atomic E-state index is 0.306. The van der Waals surface area contributed by atoms with Gasteiger partial charge in [0.15, 0.2) is 0 Å². The number of amides is 1. The second-order valence-electron chi connectivity index (χ2n) is 4.91. The molecular formula is C12H19FN2O3. The Morgan fingerprint density at radius 2 is 2.28 bits per heavy atom. The summed E-state index contributed by atoms with van der Waals surface area (Å²) in [6.45, 7) is 2.95. The van der Waals surface area contributed by atoms with Crippen LogP contribution in [0.15, 0.2) is 11.9 Å². The zero-order valence-corrected chi connectivity index (χ0v) is 10.8. The fourth-order valence-corrected chi connectivity index (χ4v) is 2.97. The van der Waals surface area contributed by atoms with Gasteiger partial charge < -0.3 is 14.4 Å². The largest absolute Gasteiger partial charge is 0.453 e. The first-order valence-corrected chi connectivity index (χ1v) is 6.00. The van der Waals surface area contributed by atoms with Gasteiger partial charge in [0, 0.05) is 33.3 Å². The van der Waals surface area contributed by atoms with E-state index in [1.165, 1.54) is 7.11 Å². The van der Waals surface area contributed by atoms with Gasteiger partial charge in [-0.25, -0.2) is 9.18 Å². The van der Waals surface area contributed by atoms with E-state index in [0.717, 1.165) is 12.1 Å². The van der Waals surface area contributed by atoms with Crippen LogP contribution in [0.5, 0.6) is 0 Å². The van der Waals surface area contributed by atoms with Gasteiger partial charge in [0.05, 0.1) is 25.6 Å². The van der Waals surface area contributed by atoms with Gasteiger partial charge in [-0.1, -0.05) is 0 Å². The van der Waals surface area contributed by atoms with E-state index in [4.69, 9.17) is 9.47 Å². The number of nitrogens with zero attached hydrogens (tertiary/aromatic N) is 2. The Labute approximate surface area is 106 Å². The maximum atomic E-state index is 12.7. The van der Waals surface area contributed by atoms with Crippen LogP contribution in [0.1, 0.15) is 6.42 Å². The molecule has 1 amide bonds. The molecule has 0 aromatic rings. The summed E-state index contributed by atoms with van der Waals surface area (Å²) in [4.78, 5) is 15.5. The van der Waals surface area contributed by atoms with Gasteiger partial charge in [-0.05, 0) is 12.0 Å². The van der Waals surface area contributed by atoms with Crippen LogP contribution in [0.4, 0.5) is 9.18 Å². The highest BCUT2D eigenvalue weighted by molar-refractivity contribution is 5.67. The molecule has 0 saturated carbocycles. The van der Waals surface area contributed by atoms with Gasteiger partial charge >= 0.3 is 6.09 Å². The number of carbonyl (C=O) groups excluding carboxylic acids is 1. The van der Waals surface area contributed by atoms with Crippen molar-refractivity contribution in [1.82, 2.24) is 9.80 Å². The molecule has 0 spiro atoms. The van der Waals surface area contributed by atoms with Crippen molar-refractivity contribution in [2.45, 2.75) is 12.0 Å². The molecule has 2 saturated heterocycles. The number of ether oxygens (including phenoxy) is 2. The lowest BCUT2D eigenvalue weighted by Gasteiger charge is -2.45. The first kappa shape index (κ1) is 13.3. The third-order valence-corrected chi connectivity index (χ3v) is 3.75. The lowest BCUT2D eigenvalue weighted by molar-refractivity contribution is -0.0199. The maximum Gasteiger partial charge on any atom is 0.409 e. The quantitative estimate of drug-likeness (QED) is 0.741. The Kier molecular flexibility index (Phi) is 3.87. The van der Waals surface area contributed by atoms with E-state index < -0.39 is 0 Å². The zero-order chi connectivity index (χ0) is 13.2. The van der Waals surface area contributed by atoms with Crippen molar-refractivity contribution in [3.05, 3.63) is 11.9 Å². The minimum atomic E-state index is -0.331. The number of hydrogen-bond donors (Lipinski definition) is 0.